The molecule has 0 aliphatic heterocycles. The second-order valence-electron chi connectivity index (χ2n) is 4.07. The molecule has 0 unspecified atom stereocenters. The van der Waals surface area contributed by atoms with Crippen LogP contribution in [0.1, 0.15) is 12.8 Å². The molecular weight excluding hydrogens is 245 g/mol. The molecule has 4 heteroatoms. The van der Waals surface area contributed by atoms with Crippen LogP contribution in [0, 0.1) is 5.92 Å². The number of hydrogen-bond donors (Lipinski definition) is 1. The van der Waals surface area contributed by atoms with E-state index in [1.165, 1.54) is 12.8 Å². The first-order chi connectivity index (χ1) is 7.75. The molecule has 0 spiro atoms. The fourth-order valence-electron chi connectivity index (χ4n) is 1.45. The van der Waals surface area contributed by atoms with Crippen molar-refractivity contribution in [2.45, 2.75) is 12.8 Å². The van der Waals surface area contributed by atoms with Crippen molar-refractivity contribution in [1.29, 1.82) is 0 Å². The van der Waals surface area contributed by atoms with Crippen LogP contribution in [0.5, 0.6) is 5.75 Å². The minimum atomic E-state index is 0.603. The van der Waals surface area contributed by atoms with E-state index < -0.39 is 0 Å². The molecule has 2 rings (SSSR count). The van der Waals surface area contributed by atoms with Crippen LogP contribution >= 0.6 is 23.2 Å². The van der Waals surface area contributed by atoms with E-state index in [0.717, 1.165) is 19.0 Å². The zero-order valence-corrected chi connectivity index (χ0v) is 10.5. The quantitative estimate of drug-likeness (QED) is 0.792. The normalized spacial score (nSPS) is 15.1. The fraction of sp³-hybridized carbons (Fsp3) is 0.500. The topological polar surface area (TPSA) is 21.3 Å². The van der Waals surface area contributed by atoms with Crippen molar-refractivity contribution in [2.75, 3.05) is 19.7 Å². The largest absolute Gasteiger partial charge is 0.491 e. The Bertz CT molecular complexity index is 353. The Balaban J connectivity index is 1.69. The summed E-state index contributed by atoms with van der Waals surface area (Å²) < 4.78 is 5.54. The summed E-state index contributed by atoms with van der Waals surface area (Å²) in [6.45, 7) is 2.57. The van der Waals surface area contributed by atoms with Crippen LogP contribution in [0.3, 0.4) is 0 Å². The van der Waals surface area contributed by atoms with E-state index in [1.807, 2.05) is 0 Å². The summed E-state index contributed by atoms with van der Waals surface area (Å²) in [5, 5.41) is 4.60. The molecule has 0 radical (unpaired) electrons. The first-order valence-corrected chi connectivity index (χ1v) is 6.30. The van der Waals surface area contributed by atoms with Crippen LogP contribution in [-0.4, -0.2) is 19.7 Å². The first kappa shape index (κ1) is 12.0. The van der Waals surface area contributed by atoms with Gasteiger partial charge in [0.15, 0.2) is 0 Å². The molecule has 1 saturated carbocycles. The molecular formula is C12H15Cl2NO. The molecule has 1 aromatic rings. The summed E-state index contributed by atoms with van der Waals surface area (Å²) in [5.74, 6) is 1.55. The van der Waals surface area contributed by atoms with Crippen molar-refractivity contribution in [3.05, 3.63) is 28.2 Å². The van der Waals surface area contributed by atoms with Gasteiger partial charge in [0, 0.05) is 17.6 Å². The van der Waals surface area contributed by atoms with Crippen molar-refractivity contribution in [1.82, 2.24) is 5.32 Å². The Kier molecular flexibility index (Phi) is 4.33. The van der Waals surface area contributed by atoms with Gasteiger partial charge in [0.1, 0.15) is 12.4 Å². The predicted octanol–water partition coefficient (Wildman–Crippen LogP) is 3.37. The highest BCUT2D eigenvalue weighted by Crippen LogP contribution is 2.28. The summed E-state index contributed by atoms with van der Waals surface area (Å²) in [7, 11) is 0. The number of benzene rings is 1. The number of halogens is 2. The van der Waals surface area contributed by atoms with E-state index in [1.54, 1.807) is 18.2 Å². The van der Waals surface area contributed by atoms with Gasteiger partial charge in [-0.2, -0.15) is 0 Å². The van der Waals surface area contributed by atoms with Crippen LogP contribution in [0.15, 0.2) is 18.2 Å². The third-order valence-electron chi connectivity index (χ3n) is 2.56. The van der Waals surface area contributed by atoms with Crippen molar-refractivity contribution in [2.24, 2.45) is 5.92 Å². The van der Waals surface area contributed by atoms with Crippen LogP contribution in [0.2, 0.25) is 10.0 Å². The smallest absolute Gasteiger partial charge is 0.139 e. The second-order valence-corrected chi connectivity index (χ2v) is 4.91. The molecule has 0 bridgehead atoms. The van der Waals surface area contributed by atoms with Crippen molar-refractivity contribution in [3.8, 4) is 5.75 Å². The maximum absolute atomic E-state index is 5.97. The Hall–Kier alpha value is -0.440. The summed E-state index contributed by atoms with van der Waals surface area (Å²) in [6.07, 6.45) is 2.74. The van der Waals surface area contributed by atoms with Gasteiger partial charge in [-0.3, -0.25) is 0 Å². The zero-order valence-electron chi connectivity index (χ0n) is 9.01. The predicted molar refractivity (Wildman–Crippen MR) is 67.6 cm³/mol. The second kappa shape index (κ2) is 5.76. The molecule has 0 saturated heterocycles. The van der Waals surface area contributed by atoms with Crippen molar-refractivity contribution in [3.63, 3.8) is 0 Å². The van der Waals surface area contributed by atoms with Crippen LogP contribution in [-0.2, 0) is 0 Å². The molecule has 2 nitrogen and oxygen atoms in total. The summed E-state index contributed by atoms with van der Waals surface area (Å²) in [5.41, 5.74) is 0. The van der Waals surface area contributed by atoms with Gasteiger partial charge in [-0.15, -0.1) is 0 Å². The number of rotatable bonds is 6. The van der Waals surface area contributed by atoms with Crippen LogP contribution < -0.4 is 10.1 Å². The Morgan fingerprint density at radius 2 is 2.12 bits per heavy atom. The van der Waals surface area contributed by atoms with Gasteiger partial charge in [-0.25, -0.2) is 0 Å². The van der Waals surface area contributed by atoms with E-state index in [2.05, 4.69) is 5.32 Å². The highest BCUT2D eigenvalue weighted by molar-refractivity contribution is 6.34. The van der Waals surface area contributed by atoms with Gasteiger partial charge in [0.2, 0.25) is 0 Å². The standard InChI is InChI=1S/C12H15Cl2NO/c13-10-3-4-11(14)12(7-10)16-6-5-15-8-9-1-2-9/h3-4,7,9,15H,1-2,5-6,8H2. The third-order valence-corrected chi connectivity index (χ3v) is 3.11. The summed E-state index contributed by atoms with van der Waals surface area (Å²) >= 11 is 11.8. The maximum atomic E-state index is 5.97. The molecule has 1 aromatic carbocycles. The monoisotopic (exact) mass is 259 g/mol. The van der Waals surface area contributed by atoms with Gasteiger partial charge in [0.05, 0.1) is 5.02 Å². The first-order valence-electron chi connectivity index (χ1n) is 5.54. The van der Waals surface area contributed by atoms with Gasteiger partial charge in [-0.1, -0.05) is 23.2 Å². The van der Waals surface area contributed by atoms with Crippen LogP contribution in [0.4, 0.5) is 0 Å². The average Bonchev–Trinajstić information content (AvgIpc) is 3.06. The third kappa shape index (κ3) is 3.85. The van der Waals surface area contributed by atoms with E-state index in [9.17, 15) is 0 Å². The molecule has 0 amide bonds. The molecule has 88 valence electrons. The molecule has 1 N–H and O–H groups in total. The van der Waals surface area contributed by atoms with Crippen molar-refractivity contribution >= 4 is 23.2 Å². The molecule has 1 aliphatic carbocycles. The van der Waals surface area contributed by atoms with Crippen LogP contribution in [0.25, 0.3) is 0 Å². The Morgan fingerprint density at radius 3 is 2.88 bits per heavy atom. The van der Waals surface area contributed by atoms with Gasteiger partial charge < -0.3 is 10.1 Å². The lowest BCUT2D eigenvalue weighted by atomic mass is 10.3. The Labute approximate surface area is 106 Å². The van der Waals surface area contributed by atoms with E-state index >= 15 is 0 Å². The molecule has 1 aliphatic rings. The molecule has 1 fully saturated rings. The number of hydrogen-bond acceptors (Lipinski definition) is 2. The number of ether oxygens (including phenoxy) is 1. The summed E-state index contributed by atoms with van der Waals surface area (Å²) in [6, 6.07) is 5.24. The lowest BCUT2D eigenvalue weighted by Gasteiger charge is -2.08. The SMILES string of the molecule is Clc1ccc(Cl)c(OCCNCC2CC2)c1. The van der Waals surface area contributed by atoms with Gasteiger partial charge in [0.25, 0.3) is 0 Å². The van der Waals surface area contributed by atoms with Crippen molar-refractivity contribution < 1.29 is 4.74 Å². The maximum Gasteiger partial charge on any atom is 0.139 e. The minimum Gasteiger partial charge on any atom is -0.491 e. The average molecular weight is 260 g/mol. The van der Waals surface area contributed by atoms with Gasteiger partial charge in [-0.05, 0) is 37.4 Å². The lowest BCUT2D eigenvalue weighted by Crippen LogP contribution is -2.23. The fourth-order valence-corrected chi connectivity index (χ4v) is 1.78. The Morgan fingerprint density at radius 1 is 1.31 bits per heavy atom. The minimum absolute atomic E-state index is 0.603. The highest BCUT2D eigenvalue weighted by Gasteiger charge is 2.19. The molecule has 0 atom stereocenters. The number of nitrogens with one attached hydrogen (secondary N) is 1. The van der Waals surface area contributed by atoms with E-state index in [4.69, 9.17) is 27.9 Å². The zero-order chi connectivity index (χ0) is 11.4. The van der Waals surface area contributed by atoms with Gasteiger partial charge >= 0.3 is 0 Å². The molecule has 0 heterocycles. The highest BCUT2D eigenvalue weighted by atomic mass is 35.5. The molecule has 16 heavy (non-hydrogen) atoms. The van der Waals surface area contributed by atoms with E-state index in [0.29, 0.717) is 22.4 Å². The van der Waals surface area contributed by atoms with E-state index in [-0.39, 0.29) is 0 Å². The lowest BCUT2D eigenvalue weighted by molar-refractivity contribution is 0.313. The summed E-state index contributed by atoms with van der Waals surface area (Å²) in [4.78, 5) is 0. The molecule has 0 aromatic heterocycles.